The van der Waals surface area contributed by atoms with Gasteiger partial charge in [-0.25, -0.2) is 13.2 Å². The van der Waals surface area contributed by atoms with E-state index < -0.39 is 21.9 Å². The molecular formula is C17H24O6S. The highest BCUT2D eigenvalue weighted by Gasteiger charge is 2.21. The van der Waals surface area contributed by atoms with E-state index in [1.807, 2.05) is 0 Å². The fourth-order valence-corrected chi connectivity index (χ4v) is 3.69. The topological polar surface area (TPSA) is 78.9 Å². The molecule has 6 nitrogen and oxygen atoms in total. The zero-order chi connectivity index (χ0) is 17.4. The van der Waals surface area contributed by atoms with Crippen LogP contribution in [0.1, 0.15) is 26.2 Å². The molecule has 1 aromatic rings. The minimum absolute atomic E-state index is 0.0521. The molecule has 0 aliphatic carbocycles. The monoisotopic (exact) mass is 356 g/mol. The Kier molecular flexibility index (Phi) is 7.20. The van der Waals surface area contributed by atoms with Gasteiger partial charge in [-0.05, 0) is 38.3 Å². The first-order valence-corrected chi connectivity index (χ1v) is 9.82. The van der Waals surface area contributed by atoms with Crippen LogP contribution in [0, 0.1) is 0 Å². The van der Waals surface area contributed by atoms with Gasteiger partial charge in [0.05, 0.1) is 30.0 Å². The van der Waals surface area contributed by atoms with Crippen LogP contribution in [0.3, 0.4) is 0 Å². The number of benzene rings is 1. The van der Waals surface area contributed by atoms with Gasteiger partial charge in [0.1, 0.15) is 0 Å². The van der Waals surface area contributed by atoms with Gasteiger partial charge in [-0.3, -0.25) is 0 Å². The van der Waals surface area contributed by atoms with Gasteiger partial charge in [0, 0.05) is 6.61 Å². The third-order valence-corrected chi connectivity index (χ3v) is 5.61. The van der Waals surface area contributed by atoms with Crippen molar-refractivity contribution >= 4 is 15.8 Å². The van der Waals surface area contributed by atoms with E-state index in [0.717, 1.165) is 19.4 Å². The standard InChI is InChI=1S/C17H24O6S/c1-14(23-13-15-7-5-10-21-15)17(18)22-11-6-12-24(19,20)16-8-3-2-4-9-16/h2-4,8-9,14-15H,5-7,10-13H2,1H3. The molecule has 1 aliphatic heterocycles. The van der Waals surface area contributed by atoms with E-state index in [0.29, 0.717) is 6.61 Å². The van der Waals surface area contributed by atoms with Gasteiger partial charge < -0.3 is 14.2 Å². The lowest BCUT2D eigenvalue weighted by molar-refractivity contribution is -0.157. The number of carbonyl (C=O) groups is 1. The highest BCUT2D eigenvalue weighted by Crippen LogP contribution is 2.13. The summed E-state index contributed by atoms with van der Waals surface area (Å²) in [7, 11) is -3.34. The average molecular weight is 356 g/mol. The molecule has 1 aromatic carbocycles. The summed E-state index contributed by atoms with van der Waals surface area (Å²) in [5.41, 5.74) is 0. The molecule has 24 heavy (non-hydrogen) atoms. The molecule has 0 spiro atoms. The highest BCUT2D eigenvalue weighted by atomic mass is 32.2. The Hall–Kier alpha value is -1.44. The van der Waals surface area contributed by atoms with Gasteiger partial charge in [0.2, 0.25) is 0 Å². The number of rotatable bonds is 9. The number of ether oxygens (including phenoxy) is 3. The van der Waals surface area contributed by atoms with E-state index in [4.69, 9.17) is 14.2 Å². The summed E-state index contributed by atoms with van der Waals surface area (Å²) >= 11 is 0. The van der Waals surface area contributed by atoms with E-state index in [2.05, 4.69) is 0 Å². The van der Waals surface area contributed by atoms with Gasteiger partial charge in [0.15, 0.2) is 15.9 Å². The molecule has 0 saturated carbocycles. The van der Waals surface area contributed by atoms with Crippen LogP contribution in [-0.2, 0) is 28.8 Å². The van der Waals surface area contributed by atoms with Gasteiger partial charge in [0.25, 0.3) is 0 Å². The second-order valence-electron chi connectivity index (χ2n) is 5.76. The number of carbonyl (C=O) groups excluding carboxylic acids is 1. The molecule has 1 saturated heterocycles. The molecule has 2 atom stereocenters. The zero-order valence-electron chi connectivity index (χ0n) is 13.8. The van der Waals surface area contributed by atoms with E-state index >= 15 is 0 Å². The second kappa shape index (κ2) is 9.15. The molecule has 0 radical (unpaired) electrons. The molecule has 0 N–H and O–H groups in total. The van der Waals surface area contributed by atoms with Crippen LogP contribution >= 0.6 is 0 Å². The lowest BCUT2D eigenvalue weighted by atomic mass is 10.2. The van der Waals surface area contributed by atoms with E-state index in [1.54, 1.807) is 37.3 Å². The van der Waals surface area contributed by atoms with Crippen LogP contribution in [0.25, 0.3) is 0 Å². The van der Waals surface area contributed by atoms with Crippen LogP contribution < -0.4 is 0 Å². The summed E-state index contributed by atoms with van der Waals surface area (Å²) in [4.78, 5) is 12.1. The zero-order valence-corrected chi connectivity index (χ0v) is 14.7. The first kappa shape index (κ1) is 18.9. The molecule has 134 valence electrons. The van der Waals surface area contributed by atoms with Crippen molar-refractivity contribution in [3.63, 3.8) is 0 Å². The molecule has 0 bridgehead atoms. The van der Waals surface area contributed by atoms with Crippen LogP contribution in [0.2, 0.25) is 0 Å². The Bertz CT molecular complexity index is 607. The first-order chi connectivity index (χ1) is 11.5. The molecule has 0 aromatic heterocycles. The average Bonchev–Trinajstić information content (AvgIpc) is 3.10. The Morgan fingerprint density at radius 3 is 2.75 bits per heavy atom. The predicted octanol–water partition coefficient (Wildman–Crippen LogP) is 1.98. The molecule has 0 amide bonds. The maximum Gasteiger partial charge on any atom is 0.334 e. The quantitative estimate of drug-likeness (QED) is 0.497. The molecule has 7 heteroatoms. The lowest BCUT2D eigenvalue weighted by Gasteiger charge is -2.15. The van der Waals surface area contributed by atoms with Crippen molar-refractivity contribution in [2.75, 3.05) is 25.6 Å². The molecule has 1 aliphatic rings. The summed E-state index contributed by atoms with van der Waals surface area (Å²) < 4.78 is 40.1. The normalized spacial score (nSPS) is 19.1. The van der Waals surface area contributed by atoms with Crippen LogP contribution in [0.15, 0.2) is 35.2 Å². The summed E-state index contributed by atoms with van der Waals surface area (Å²) in [6.07, 6.45) is 1.58. The van der Waals surface area contributed by atoms with Crippen molar-refractivity contribution in [3.05, 3.63) is 30.3 Å². The summed E-state index contributed by atoms with van der Waals surface area (Å²) in [6.45, 7) is 2.79. The van der Waals surface area contributed by atoms with Crippen molar-refractivity contribution in [1.29, 1.82) is 0 Å². The predicted molar refractivity (Wildman–Crippen MR) is 88.5 cm³/mol. The second-order valence-corrected chi connectivity index (χ2v) is 7.87. The SMILES string of the molecule is CC(OCC1CCCO1)C(=O)OCCCS(=O)(=O)c1ccccc1. The van der Waals surface area contributed by atoms with Crippen LogP contribution in [0.5, 0.6) is 0 Å². The Morgan fingerprint density at radius 2 is 2.08 bits per heavy atom. The first-order valence-electron chi connectivity index (χ1n) is 8.17. The van der Waals surface area contributed by atoms with Crippen molar-refractivity contribution in [1.82, 2.24) is 0 Å². The summed E-state index contributed by atoms with van der Waals surface area (Å²) in [6, 6.07) is 8.24. The van der Waals surface area contributed by atoms with E-state index in [9.17, 15) is 13.2 Å². The maximum atomic E-state index is 12.1. The van der Waals surface area contributed by atoms with Crippen LogP contribution in [-0.4, -0.2) is 52.2 Å². The Balaban J connectivity index is 1.65. The Labute approximate surface area is 143 Å². The van der Waals surface area contributed by atoms with Crippen molar-refractivity contribution in [2.45, 2.75) is 43.3 Å². The molecule has 1 heterocycles. The Morgan fingerprint density at radius 1 is 1.33 bits per heavy atom. The highest BCUT2D eigenvalue weighted by molar-refractivity contribution is 7.91. The fraction of sp³-hybridized carbons (Fsp3) is 0.588. The minimum Gasteiger partial charge on any atom is -0.464 e. The molecule has 2 rings (SSSR count). The van der Waals surface area contributed by atoms with Crippen LogP contribution in [0.4, 0.5) is 0 Å². The van der Waals surface area contributed by atoms with Gasteiger partial charge in [-0.15, -0.1) is 0 Å². The third kappa shape index (κ3) is 5.89. The van der Waals surface area contributed by atoms with Crippen molar-refractivity contribution in [2.24, 2.45) is 0 Å². The largest absolute Gasteiger partial charge is 0.464 e. The summed E-state index contributed by atoms with van der Waals surface area (Å²) in [5, 5.41) is 0. The van der Waals surface area contributed by atoms with Crippen molar-refractivity contribution < 1.29 is 27.4 Å². The lowest BCUT2D eigenvalue weighted by Crippen LogP contribution is -2.28. The van der Waals surface area contributed by atoms with E-state index in [1.165, 1.54) is 0 Å². The summed E-state index contributed by atoms with van der Waals surface area (Å²) in [5.74, 6) is -0.541. The van der Waals surface area contributed by atoms with Gasteiger partial charge in [-0.2, -0.15) is 0 Å². The molecule has 2 unspecified atom stereocenters. The number of sulfone groups is 1. The number of esters is 1. The number of hydrogen-bond acceptors (Lipinski definition) is 6. The molecular weight excluding hydrogens is 332 g/mol. The minimum atomic E-state index is -3.34. The molecule has 1 fully saturated rings. The maximum absolute atomic E-state index is 12.1. The smallest absolute Gasteiger partial charge is 0.334 e. The van der Waals surface area contributed by atoms with Gasteiger partial charge in [-0.1, -0.05) is 18.2 Å². The fourth-order valence-electron chi connectivity index (χ4n) is 2.38. The third-order valence-electron chi connectivity index (χ3n) is 3.79. The van der Waals surface area contributed by atoms with Gasteiger partial charge >= 0.3 is 5.97 Å². The number of hydrogen-bond donors (Lipinski definition) is 0. The van der Waals surface area contributed by atoms with E-state index in [-0.39, 0.29) is 29.8 Å². The van der Waals surface area contributed by atoms with Crippen molar-refractivity contribution in [3.8, 4) is 0 Å².